The molecular weight excluding hydrogens is 340 g/mol. The van der Waals surface area contributed by atoms with Crippen molar-refractivity contribution in [2.24, 2.45) is 5.41 Å². The summed E-state index contributed by atoms with van der Waals surface area (Å²) in [5, 5.41) is 8.59. The third-order valence-electron chi connectivity index (χ3n) is 5.34. The third kappa shape index (κ3) is 5.83. The molecule has 0 spiro atoms. The van der Waals surface area contributed by atoms with Crippen LogP contribution in [0.1, 0.15) is 50.5 Å². The maximum atomic E-state index is 10.4. The number of benzene rings is 2. The number of hydrogen-bond donors (Lipinski definition) is 1. The van der Waals surface area contributed by atoms with Crippen molar-refractivity contribution in [2.45, 2.75) is 44.9 Å². The van der Waals surface area contributed by atoms with Crippen LogP contribution in [-0.4, -0.2) is 24.3 Å². The molecule has 0 unspecified atom stereocenters. The Morgan fingerprint density at radius 3 is 2.37 bits per heavy atom. The number of rotatable bonds is 10. The van der Waals surface area contributed by atoms with Crippen molar-refractivity contribution in [1.29, 1.82) is 0 Å². The predicted octanol–water partition coefficient (Wildman–Crippen LogP) is 5.63. The number of aliphatic carboxylic acids is 1. The lowest BCUT2D eigenvalue weighted by Crippen LogP contribution is -2.33. The first kappa shape index (κ1) is 19.4. The minimum absolute atomic E-state index is 0.0866. The van der Waals surface area contributed by atoms with Gasteiger partial charge in [0.2, 0.25) is 0 Å². The minimum atomic E-state index is -0.802. The van der Waals surface area contributed by atoms with E-state index in [4.69, 9.17) is 14.6 Å². The average molecular weight is 368 g/mol. The van der Waals surface area contributed by atoms with Crippen LogP contribution in [-0.2, 0) is 9.53 Å². The zero-order valence-electron chi connectivity index (χ0n) is 15.9. The van der Waals surface area contributed by atoms with E-state index in [0.29, 0.717) is 24.5 Å². The second kappa shape index (κ2) is 9.05. The van der Waals surface area contributed by atoms with Gasteiger partial charge in [-0.1, -0.05) is 37.3 Å². The van der Waals surface area contributed by atoms with Gasteiger partial charge in [-0.15, -0.1) is 0 Å². The zero-order valence-corrected chi connectivity index (χ0v) is 15.9. The first-order valence-corrected chi connectivity index (χ1v) is 9.66. The van der Waals surface area contributed by atoms with E-state index < -0.39 is 5.97 Å². The van der Waals surface area contributed by atoms with Gasteiger partial charge in [0.15, 0.2) is 0 Å². The van der Waals surface area contributed by atoms with Crippen molar-refractivity contribution in [1.82, 2.24) is 0 Å². The van der Waals surface area contributed by atoms with E-state index in [1.165, 1.54) is 18.4 Å². The molecule has 0 bridgehead atoms. The molecule has 2 aromatic rings. The largest absolute Gasteiger partial charge is 0.481 e. The lowest BCUT2D eigenvalue weighted by molar-refractivity contribution is -0.138. The highest BCUT2D eigenvalue weighted by atomic mass is 16.5. The number of carboxylic acids is 1. The molecule has 0 saturated heterocycles. The molecule has 0 radical (unpaired) electrons. The number of para-hydroxylation sites is 1. The molecule has 2 aromatic carbocycles. The summed E-state index contributed by atoms with van der Waals surface area (Å²) in [7, 11) is 0. The van der Waals surface area contributed by atoms with Gasteiger partial charge >= 0.3 is 5.97 Å². The van der Waals surface area contributed by atoms with Gasteiger partial charge in [-0.3, -0.25) is 4.79 Å². The molecule has 1 aliphatic carbocycles. The van der Waals surface area contributed by atoms with Crippen molar-refractivity contribution in [2.75, 3.05) is 13.2 Å². The summed E-state index contributed by atoms with van der Waals surface area (Å²) in [4.78, 5) is 10.4. The van der Waals surface area contributed by atoms with E-state index in [1.54, 1.807) is 0 Å². The normalized spacial score (nSPS) is 21.4. The van der Waals surface area contributed by atoms with Gasteiger partial charge in [-0.2, -0.15) is 0 Å². The van der Waals surface area contributed by atoms with Crippen LogP contribution in [0.15, 0.2) is 54.6 Å². The highest BCUT2D eigenvalue weighted by molar-refractivity contribution is 5.66. The van der Waals surface area contributed by atoms with E-state index in [1.807, 2.05) is 42.5 Å². The summed E-state index contributed by atoms with van der Waals surface area (Å²) in [5.41, 5.74) is 1.76. The first-order chi connectivity index (χ1) is 13.0. The average Bonchev–Trinajstić information content (AvgIpc) is 2.64. The van der Waals surface area contributed by atoms with Gasteiger partial charge in [0.1, 0.15) is 11.5 Å². The van der Waals surface area contributed by atoms with Crippen molar-refractivity contribution in [3.63, 3.8) is 0 Å². The van der Waals surface area contributed by atoms with Gasteiger partial charge in [0.05, 0.1) is 13.0 Å². The van der Waals surface area contributed by atoms with E-state index in [0.717, 1.165) is 24.3 Å². The fourth-order valence-corrected chi connectivity index (χ4v) is 3.86. The van der Waals surface area contributed by atoms with E-state index >= 15 is 0 Å². The Balaban J connectivity index is 1.39. The molecule has 4 heteroatoms. The van der Waals surface area contributed by atoms with Gasteiger partial charge in [-0.25, -0.2) is 0 Å². The molecule has 0 aromatic heterocycles. The van der Waals surface area contributed by atoms with Crippen LogP contribution in [0.25, 0.3) is 0 Å². The van der Waals surface area contributed by atoms with Crippen molar-refractivity contribution in [3.8, 4) is 11.5 Å². The molecule has 0 atom stereocenters. The van der Waals surface area contributed by atoms with Crippen molar-refractivity contribution < 1.29 is 19.4 Å². The van der Waals surface area contributed by atoms with Crippen molar-refractivity contribution >= 4 is 5.97 Å². The summed E-state index contributed by atoms with van der Waals surface area (Å²) in [6.07, 6.45) is 4.60. The Labute approximate surface area is 161 Å². The highest BCUT2D eigenvalue weighted by Crippen LogP contribution is 2.53. The van der Waals surface area contributed by atoms with Crippen LogP contribution in [0.4, 0.5) is 0 Å². The lowest BCUT2D eigenvalue weighted by Gasteiger charge is -2.46. The summed E-state index contributed by atoms with van der Waals surface area (Å²) in [6, 6.07) is 18.3. The number of ether oxygens (including phenoxy) is 2. The Bertz CT molecular complexity index is 718. The van der Waals surface area contributed by atoms with E-state index in [2.05, 4.69) is 19.1 Å². The fraction of sp³-hybridized carbons (Fsp3) is 0.435. The van der Waals surface area contributed by atoms with Gasteiger partial charge in [0, 0.05) is 6.61 Å². The molecule has 4 nitrogen and oxygen atoms in total. The van der Waals surface area contributed by atoms with Gasteiger partial charge < -0.3 is 14.6 Å². The topological polar surface area (TPSA) is 55.8 Å². The third-order valence-corrected chi connectivity index (χ3v) is 5.34. The number of carboxylic acid groups (broad SMARTS) is 1. The highest BCUT2D eigenvalue weighted by Gasteiger charge is 2.40. The second-order valence-electron chi connectivity index (χ2n) is 7.76. The summed E-state index contributed by atoms with van der Waals surface area (Å²) < 4.78 is 11.2. The lowest BCUT2D eigenvalue weighted by atomic mass is 9.59. The van der Waals surface area contributed by atoms with Crippen LogP contribution in [0.3, 0.4) is 0 Å². The Morgan fingerprint density at radius 1 is 1.04 bits per heavy atom. The summed E-state index contributed by atoms with van der Waals surface area (Å²) >= 11 is 0. The smallest absolute Gasteiger partial charge is 0.305 e. The van der Waals surface area contributed by atoms with Gasteiger partial charge in [0.25, 0.3) is 0 Å². The number of carbonyl (C=O) groups is 1. The molecule has 0 aliphatic heterocycles. The molecule has 3 rings (SSSR count). The molecular formula is C23H28O4. The SMILES string of the molecule is CC1(CCCOCCC(=O)O)CC(c2ccc(Oc3ccccc3)cc2)C1. The molecule has 1 saturated carbocycles. The van der Waals surface area contributed by atoms with Gasteiger partial charge in [-0.05, 0) is 66.8 Å². The monoisotopic (exact) mass is 368 g/mol. The summed E-state index contributed by atoms with van der Waals surface area (Å²) in [6.45, 7) is 3.30. The Hall–Kier alpha value is -2.33. The Kier molecular flexibility index (Phi) is 6.51. The zero-order chi connectivity index (χ0) is 19.1. The van der Waals surface area contributed by atoms with Crippen LogP contribution in [0.2, 0.25) is 0 Å². The number of hydrogen-bond acceptors (Lipinski definition) is 3. The molecule has 27 heavy (non-hydrogen) atoms. The molecule has 144 valence electrons. The maximum Gasteiger partial charge on any atom is 0.305 e. The Morgan fingerprint density at radius 2 is 1.70 bits per heavy atom. The van der Waals surface area contributed by atoms with Crippen molar-refractivity contribution in [3.05, 3.63) is 60.2 Å². The minimum Gasteiger partial charge on any atom is -0.481 e. The quantitative estimate of drug-likeness (QED) is 0.552. The standard InChI is InChI=1S/C23H28O4/c1-23(13-5-14-26-15-12-22(24)25)16-19(17-23)18-8-10-21(11-9-18)27-20-6-3-2-4-7-20/h2-4,6-11,19H,5,12-17H2,1H3,(H,24,25). The molecule has 0 heterocycles. The van der Waals surface area contributed by atoms with Crippen LogP contribution < -0.4 is 4.74 Å². The molecule has 1 aliphatic rings. The predicted molar refractivity (Wildman–Crippen MR) is 105 cm³/mol. The summed E-state index contributed by atoms with van der Waals surface area (Å²) in [5.74, 6) is 1.54. The van der Waals surface area contributed by atoms with E-state index in [-0.39, 0.29) is 6.42 Å². The second-order valence-corrected chi connectivity index (χ2v) is 7.76. The first-order valence-electron chi connectivity index (χ1n) is 9.66. The van der Waals surface area contributed by atoms with Crippen LogP contribution in [0.5, 0.6) is 11.5 Å². The van der Waals surface area contributed by atoms with Crippen LogP contribution >= 0.6 is 0 Å². The molecule has 1 fully saturated rings. The maximum absolute atomic E-state index is 10.4. The fourth-order valence-electron chi connectivity index (χ4n) is 3.86. The molecule has 0 amide bonds. The van der Waals surface area contributed by atoms with E-state index in [9.17, 15) is 4.79 Å². The van der Waals surface area contributed by atoms with Crippen LogP contribution in [0, 0.1) is 5.41 Å². The molecule has 1 N–H and O–H groups in total.